The number of likely N-dealkylation sites (tertiary alicyclic amines) is 1. The monoisotopic (exact) mass is 503 g/mol. The third kappa shape index (κ3) is 5.90. The largest absolute Gasteiger partial charge is 0.497 e. The molecule has 0 radical (unpaired) electrons. The predicted molar refractivity (Wildman–Crippen MR) is 146 cm³/mol. The van der Waals surface area contributed by atoms with E-state index in [-0.39, 0.29) is 11.7 Å². The van der Waals surface area contributed by atoms with Crippen LogP contribution >= 0.6 is 0 Å². The zero-order chi connectivity index (χ0) is 25.8. The van der Waals surface area contributed by atoms with Gasteiger partial charge >= 0.3 is 0 Å². The fourth-order valence-corrected chi connectivity index (χ4v) is 6.03. The minimum atomic E-state index is -0.204. The Morgan fingerprint density at radius 2 is 1.97 bits per heavy atom. The lowest BCUT2D eigenvalue weighted by atomic mass is 9.90. The van der Waals surface area contributed by atoms with Crippen molar-refractivity contribution in [2.45, 2.75) is 64.0 Å². The summed E-state index contributed by atoms with van der Waals surface area (Å²) in [6, 6.07) is 16.0. The second kappa shape index (κ2) is 11.5. The van der Waals surface area contributed by atoms with Gasteiger partial charge in [-0.25, -0.2) is 4.39 Å². The quantitative estimate of drug-likeness (QED) is 0.415. The van der Waals surface area contributed by atoms with Crippen LogP contribution in [0.1, 0.15) is 48.1 Å². The second-order valence-electron chi connectivity index (χ2n) is 10.5. The Labute approximate surface area is 219 Å². The highest BCUT2D eigenvalue weighted by molar-refractivity contribution is 5.76. The van der Waals surface area contributed by atoms with E-state index in [1.54, 1.807) is 19.2 Å². The summed E-state index contributed by atoms with van der Waals surface area (Å²) in [5.41, 5.74) is 7.25. The Balaban J connectivity index is 1.32. The van der Waals surface area contributed by atoms with Crippen molar-refractivity contribution in [3.05, 3.63) is 76.7 Å². The van der Waals surface area contributed by atoms with Gasteiger partial charge in [-0.05, 0) is 112 Å². The van der Waals surface area contributed by atoms with E-state index >= 15 is 0 Å². The van der Waals surface area contributed by atoms with Gasteiger partial charge in [0.25, 0.3) is 0 Å². The van der Waals surface area contributed by atoms with E-state index in [0.717, 1.165) is 56.6 Å². The highest BCUT2D eigenvalue weighted by atomic mass is 19.1. The van der Waals surface area contributed by atoms with Crippen LogP contribution in [0.4, 0.5) is 4.39 Å². The van der Waals surface area contributed by atoms with Crippen molar-refractivity contribution >= 4 is 5.91 Å². The number of halogens is 1. The van der Waals surface area contributed by atoms with Crippen LogP contribution in [-0.4, -0.2) is 48.7 Å². The van der Waals surface area contributed by atoms with E-state index in [9.17, 15) is 9.18 Å². The van der Waals surface area contributed by atoms with E-state index in [1.807, 2.05) is 12.1 Å². The maximum absolute atomic E-state index is 13.8. The molecule has 2 aromatic carbocycles. The molecule has 1 atom stereocenters. The summed E-state index contributed by atoms with van der Waals surface area (Å²) in [6.45, 7) is 2.64. The summed E-state index contributed by atoms with van der Waals surface area (Å²) < 4.78 is 21.7. The fourth-order valence-electron chi connectivity index (χ4n) is 6.03. The van der Waals surface area contributed by atoms with Crippen LogP contribution in [0.25, 0.3) is 11.3 Å². The van der Waals surface area contributed by atoms with Crippen molar-refractivity contribution in [1.82, 2.24) is 14.8 Å². The number of methoxy groups -OCH3 is 1. The average molecular weight is 504 g/mol. The number of aryl methyl sites for hydroxylation is 4. The predicted octanol–water partition coefficient (Wildman–Crippen LogP) is 5.18. The summed E-state index contributed by atoms with van der Waals surface area (Å²) in [6.07, 6.45) is 7.33. The Kier molecular flexibility index (Phi) is 7.94. The molecule has 0 saturated carbocycles. The van der Waals surface area contributed by atoms with Crippen LogP contribution in [0.3, 0.4) is 0 Å². The van der Waals surface area contributed by atoms with Crippen molar-refractivity contribution in [3.8, 4) is 17.0 Å². The smallest absolute Gasteiger partial charge is 0.220 e. The SMILES string of the molecule is COc1ccc2c(c1)CCc1cc(CCC(=O)NCCC3CCCN3C)n(CCc3cccc(F)c3)c1-2. The molecule has 1 unspecified atom stereocenters. The third-order valence-electron chi connectivity index (χ3n) is 8.09. The number of aromatic nitrogens is 1. The molecule has 3 aromatic rings. The number of nitrogens with zero attached hydrogens (tertiary/aromatic N) is 2. The lowest BCUT2D eigenvalue weighted by Gasteiger charge is -2.21. The normalized spacial score (nSPS) is 16.9. The molecule has 2 aliphatic rings. The number of rotatable bonds is 10. The molecule has 1 fully saturated rings. The van der Waals surface area contributed by atoms with Gasteiger partial charge < -0.3 is 19.5 Å². The number of ether oxygens (including phenoxy) is 1. The van der Waals surface area contributed by atoms with Crippen molar-refractivity contribution < 1.29 is 13.9 Å². The van der Waals surface area contributed by atoms with E-state index in [1.165, 1.54) is 47.0 Å². The molecule has 37 heavy (non-hydrogen) atoms. The number of hydrogen-bond acceptors (Lipinski definition) is 3. The summed E-state index contributed by atoms with van der Waals surface area (Å²) in [4.78, 5) is 15.1. The van der Waals surface area contributed by atoms with E-state index in [4.69, 9.17) is 4.74 Å². The summed E-state index contributed by atoms with van der Waals surface area (Å²) >= 11 is 0. The van der Waals surface area contributed by atoms with Crippen LogP contribution in [0, 0.1) is 5.82 Å². The van der Waals surface area contributed by atoms with Crippen LogP contribution in [0.2, 0.25) is 0 Å². The van der Waals surface area contributed by atoms with Gasteiger partial charge in [-0.15, -0.1) is 0 Å². The molecule has 1 aromatic heterocycles. The van der Waals surface area contributed by atoms with Crippen molar-refractivity contribution in [2.75, 3.05) is 27.2 Å². The zero-order valence-electron chi connectivity index (χ0n) is 22.1. The van der Waals surface area contributed by atoms with Crippen LogP contribution < -0.4 is 10.1 Å². The Morgan fingerprint density at radius 3 is 2.76 bits per heavy atom. The van der Waals surface area contributed by atoms with E-state index in [2.05, 4.69) is 40.0 Å². The number of carbonyl (C=O) groups excluding carboxylic acids is 1. The molecule has 0 spiro atoms. The number of benzene rings is 2. The number of amides is 1. The molecule has 1 amide bonds. The first-order chi connectivity index (χ1) is 18.0. The summed E-state index contributed by atoms with van der Waals surface area (Å²) in [7, 11) is 3.88. The average Bonchev–Trinajstić information content (AvgIpc) is 3.48. The first kappa shape index (κ1) is 25.5. The molecule has 2 heterocycles. The number of fused-ring (bicyclic) bond motifs is 3. The molecule has 6 heteroatoms. The first-order valence-corrected chi connectivity index (χ1v) is 13.6. The summed E-state index contributed by atoms with van der Waals surface area (Å²) in [5.74, 6) is 0.785. The number of carbonyl (C=O) groups is 1. The first-order valence-electron chi connectivity index (χ1n) is 13.6. The molecule has 1 N–H and O–H groups in total. The Bertz CT molecular complexity index is 1250. The Hall–Kier alpha value is -3.12. The molecule has 1 saturated heterocycles. The van der Waals surface area contributed by atoms with Crippen LogP contribution in [-0.2, 0) is 37.0 Å². The highest BCUT2D eigenvalue weighted by Crippen LogP contribution is 2.38. The maximum atomic E-state index is 13.8. The standard InChI is InChI=1S/C31H38FN3O2/c1-34-17-4-7-26(34)14-16-33-30(36)13-10-27-20-24-9-8-23-21-28(37-2)11-12-29(23)31(24)35(27)18-15-22-5-3-6-25(32)19-22/h3,5-6,11-12,19-21,26H,4,7-10,13-18H2,1-2H3,(H,33,36). The molecule has 1 aliphatic carbocycles. The molecule has 5 rings (SSSR count). The molecular weight excluding hydrogens is 465 g/mol. The minimum absolute atomic E-state index is 0.113. The van der Waals surface area contributed by atoms with E-state index in [0.29, 0.717) is 18.9 Å². The summed E-state index contributed by atoms with van der Waals surface area (Å²) in [5, 5.41) is 3.14. The highest BCUT2D eigenvalue weighted by Gasteiger charge is 2.24. The third-order valence-corrected chi connectivity index (χ3v) is 8.09. The van der Waals surface area contributed by atoms with Gasteiger partial charge in [-0.1, -0.05) is 12.1 Å². The molecule has 5 nitrogen and oxygen atoms in total. The fraction of sp³-hybridized carbons (Fsp3) is 0.452. The van der Waals surface area contributed by atoms with Gasteiger partial charge in [0.15, 0.2) is 0 Å². The van der Waals surface area contributed by atoms with Crippen LogP contribution in [0.15, 0.2) is 48.5 Å². The van der Waals surface area contributed by atoms with E-state index < -0.39 is 0 Å². The lowest BCUT2D eigenvalue weighted by Crippen LogP contribution is -2.31. The van der Waals surface area contributed by atoms with Gasteiger partial charge in [-0.2, -0.15) is 0 Å². The zero-order valence-corrected chi connectivity index (χ0v) is 22.1. The molecular formula is C31H38FN3O2. The van der Waals surface area contributed by atoms with Gasteiger partial charge in [-0.3, -0.25) is 4.79 Å². The lowest BCUT2D eigenvalue weighted by molar-refractivity contribution is -0.121. The van der Waals surface area contributed by atoms with Gasteiger partial charge in [0.2, 0.25) is 5.91 Å². The number of hydrogen-bond donors (Lipinski definition) is 1. The van der Waals surface area contributed by atoms with Crippen molar-refractivity contribution in [1.29, 1.82) is 0 Å². The van der Waals surface area contributed by atoms with Crippen molar-refractivity contribution in [3.63, 3.8) is 0 Å². The second-order valence-corrected chi connectivity index (χ2v) is 10.5. The topological polar surface area (TPSA) is 46.5 Å². The van der Waals surface area contributed by atoms with Crippen LogP contribution in [0.5, 0.6) is 5.75 Å². The molecule has 0 bridgehead atoms. The van der Waals surface area contributed by atoms with Gasteiger partial charge in [0.1, 0.15) is 11.6 Å². The van der Waals surface area contributed by atoms with Crippen molar-refractivity contribution in [2.24, 2.45) is 0 Å². The minimum Gasteiger partial charge on any atom is -0.497 e. The Morgan fingerprint density at radius 1 is 1.11 bits per heavy atom. The van der Waals surface area contributed by atoms with Gasteiger partial charge in [0.05, 0.1) is 12.8 Å². The molecule has 1 aliphatic heterocycles. The maximum Gasteiger partial charge on any atom is 0.220 e. The molecule has 196 valence electrons. The number of nitrogens with one attached hydrogen (secondary N) is 1. The van der Waals surface area contributed by atoms with Gasteiger partial charge in [0, 0.05) is 36.8 Å².